The number of aliphatic imine (C=N–C) groups is 2. The Labute approximate surface area is 126 Å². The molecule has 1 aromatic rings. The van der Waals surface area contributed by atoms with Crippen molar-refractivity contribution in [2.75, 3.05) is 0 Å². The number of rotatable bonds is 1. The van der Waals surface area contributed by atoms with E-state index in [1.165, 1.54) is 16.7 Å². The maximum absolute atomic E-state index is 4.86. The zero-order valence-corrected chi connectivity index (χ0v) is 13.0. The van der Waals surface area contributed by atoms with Gasteiger partial charge in [0.15, 0.2) is 0 Å². The predicted molar refractivity (Wildman–Crippen MR) is 90.6 cm³/mol. The molecule has 1 aliphatic carbocycles. The minimum absolute atomic E-state index is 0.125. The van der Waals surface area contributed by atoms with E-state index >= 15 is 0 Å². The van der Waals surface area contributed by atoms with Gasteiger partial charge in [-0.15, -0.1) is 0 Å². The van der Waals surface area contributed by atoms with Crippen molar-refractivity contribution < 1.29 is 0 Å². The van der Waals surface area contributed by atoms with Crippen LogP contribution in [-0.2, 0) is 0 Å². The van der Waals surface area contributed by atoms with E-state index in [0.717, 1.165) is 17.1 Å². The molecule has 1 aromatic carbocycles. The first kappa shape index (κ1) is 13.7. The summed E-state index contributed by atoms with van der Waals surface area (Å²) in [6, 6.07) is 10.1. The van der Waals surface area contributed by atoms with Crippen LogP contribution in [-0.4, -0.2) is 17.0 Å². The fraction of sp³-hybridized carbons (Fsp3) is 0.263. The average molecular weight is 276 g/mol. The second kappa shape index (κ2) is 4.96. The summed E-state index contributed by atoms with van der Waals surface area (Å²) in [5.74, 6) is 0. The van der Waals surface area contributed by atoms with Crippen molar-refractivity contribution in [3.05, 3.63) is 65.3 Å². The largest absolute Gasteiger partial charge is 0.274 e. The lowest BCUT2D eigenvalue weighted by Crippen LogP contribution is -2.26. The Bertz CT molecular complexity index is 726. The lowest BCUT2D eigenvalue weighted by atomic mass is 9.85. The van der Waals surface area contributed by atoms with Crippen molar-refractivity contribution in [2.45, 2.75) is 33.2 Å². The van der Waals surface area contributed by atoms with Crippen molar-refractivity contribution in [3.8, 4) is 0 Å². The van der Waals surface area contributed by atoms with Gasteiger partial charge < -0.3 is 0 Å². The van der Waals surface area contributed by atoms with Crippen molar-refractivity contribution >= 4 is 17.1 Å². The molecule has 1 heterocycles. The molecule has 0 saturated heterocycles. The van der Waals surface area contributed by atoms with Crippen molar-refractivity contribution in [1.82, 2.24) is 0 Å². The van der Waals surface area contributed by atoms with Crippen LogP contribution in [0.25, 0.3) is 0 Å². The van der Waals surface area contributed by atoms with Gasteiger partial charge in [0.2, 0.25) is 0 Å². The molecular weight excluding hydrogens is 256 g/mol. The molecule has 2 nitrogen and oxygen atoms in total. The molecule has 0 saturated carbocycles. The Balaban J connectivity index is 2.06. The van der Waals surface area contributed by atoms with Gasteiger partial charge in [0.1, 0.15) is 0 Å². The molecule has 0 N–H and O–H groups in total. The number of benzene rings is 1. The van der Waals surface area contributed by atoms with Crippen molar-refractivity contribution in [3.63, 3.8) is 0 Å². The number of para-hydroxylation sites is 1. The van der Waals surface area contributed by atoms with Crippen LogP contribution in [0, 0.1) is 0 Å². The van der Waals surface area contributed by atoms with Gasteiger partial charge >= 0.3 is 0 Å². The smallest absolute Gasteiger partial charge is 0.0744 e. The number of hydrogen-bond donors (Lipinski definition) is 0. The third-order valence-electron chi connectivity index (χ3n) is 3.69. The highest BCUT2D eigenvalue weighted by atomic mass is 14.9. The van der Waals surface area contributed by atoms with Crippen LogP contribution >= 0.6 is 0 Å². The highest BCUT2D eigenvalue weighted by Gasteiger charge is 2.26. The first-order chi connectivity index (χ1) is 9.94. The van der Waals surface area contributed by atoms with E-state index in [0.29, 0.717) is 0 Å². The van der Waals surface area contributed by atoms with Crippen molar-refractivity contribution in [2.24, 2.45) is 9.98 Å². The quantitative estimate of drug-likeness (QED) is 0.657. The van der Waals surface area contributed by atoms with Gasteiger partial charge in [0, 0.05) is 5.57 Å². The molecule has 0 bridgehead atoms. The van der Waals surface area contributed by atoms with Gasteiger partial charge in [-0.3, -0.25) is 4.99 Å². The third kappa shape index (κ3) is 2.80. The Morgan fingerprint density at radius 2 is 1.67 bits per heavy atom. The van der Waals surface area contributed by atoms with Gasteiger partial charge in [-0.05, 0) is 63.1 Å². The van der Waals surface area contributed by atoms with Gasteiger partial charge in [-0.25, -0.2) is 4.99 Å². The molecular formula is C19H20N2. The third-order valence-corrected chi connectivity index (χ3v) is 3.69. The number of nitrogens with zero attached hydrogens (tertiary/aromatic N) is 2. The van der Waals surface area contributed by atoms with Gasteiger partial charge in [-0.1, -0.05) is 24.3 Å². The van der Waals surface area contributed by atoms with Gasteiger partial charge in [0.05, 0.1) is 22.6 Å². The first-order valence-corrected chi connectivity index (χ1v) is 7.29. The maximum atomic E-state index is 4.86. The molecule has 0 amide bonds. The normalized spacial score (nSPS) is 22.0. The molecule has 2 aliphatic rings. The Hall–Kier alpha value is -2.22. The second-order valence-electron chi connectivity index (χ2n) is 6.20. The minimum atomic E-state index is -0.125. The predicted octanol–water partition coefficient (Wildman–Crippen LogP) is 4.82. The highest BCUT2D eigenvalue weighted by molar-refractivity contribution is 6.26. The van der Waals surface area contributed by atoms with E-state index in [1.54, 1.807) is 0 Å². The molecule has 1 aliphatic heterocycles. The standard InChI is InChI=1S/C19H20N2/c1-13-10-16(20-15-8-6-5-7-9-15)11-17-14(2)12-19(3,4)21-18(13)17/h5-12H,1-4H3. The monoisotopic (exact) mass is 276 g/mol. The topological polar surface area (TPSA) is 24.7 Å². The van der Waals surface area contributed by atoms with Crippen LogP contribution in [0.1, 0.15) is 27.7 Å². The Kier molecular flexibility index (Phi) is 3.25. The summed E-state index contributed by atoms with van der Waals surface area (Å²) < 4.78 is 0. The highest BCUT2D eigenvalue weighted by Crippen LogP contribution is 2.31. The van der Waals surface area contributed by atoms with Crippen LogP contribution in [0.5, 0.6) is 0 Å². The van der Waals surface area contributed by atoms with E-state index in [4.69, 9.17) is 9.98 Å². The van der Waals surface area contributed by atoms with Gasteiger partial charge in [-0.2, -0.15) is 0 Å². The minimum Gasteiger partial charge on any atom is -0.274 e. The zero-order chi connectivity index (χ0) is 15.0. The molecule has 21 heavy (non-hydrogen) atoms. The molecule has 0 atom stereocenters. The molecule has 0 radical (unpaired) electrons. The maximum Gasteiger partial charge on any atom is 0.0744 e. The lowest BCUT2D eigenvalue weighted by molar-refractivity contribution is 0.647. The van der Waals surface area contributed by atoms with Crippen molar-refractivity contribution in [1.29, 1.82) is 0 Å². The summed E-state index contributed by atoms with van der Waals surface area (Å²) >= 11 is 0. The molecule has 0 aromatic heterocycles. The summed E-state index contributed by atoms with van der Waals surface area (Å²) in [4.78, 5) is 9.57. The first-order valence-electron chi connectivity index (χ1n) is 7.29. The molecule has 2 heteroatoms. The molecule has 0 fully saturated rings. The van der Waals surface area contributed by atoms with E-state index in [-0.39, 0.29) is 5.54 Å². The number of allylic oxidation sites excluding steroid dienone is 5. The Morgan fingerprint density at radius 3 is 2.38 bits per heavy atom. The summed E-state index contributed by atoms with van der Waals surface area (Å²) in [5.41, 5.74) is 6.60. The summed E-state index contributed by atoms with van der Waals surface area (Å²) in [5, 5.41) is 0. The molecule has 106 valence electrons. The molecule has 0 unspecified atom stereocenters. The molecule has 0 spiro atoms. The SMILES string of the molecule is CC1=CC(C)(C)N=C2C(C)=CC(=Nc3ccccc3)C=C12. The summed E-state index contributed by atoms with van der Waals surface area (Å²) in [6.45, 7) is 8.55. The number of dihydropyridines is 1. The Morgan fingerprint density at radius 1 is 0.952 bits per heavy atom. The van der Waals surface area contributed by atoms with Crippen LogP contribution < -0.4 is 0 Å². The summed E-state index contributed by atoms with van der Waals surface area (Å²) in [6.07, 6.45) is 6.48. The number of hydrogen-bond acceptors (Lipinski definition) is 2. The van der Waals surface area contributed by atoms with E-state index in [9.17, 15) is 0 Å². The van der Waals surface area contributed by atoms with E-state index in [1.807, 2.05) is 30.3 Å². The van der Waals surface area contributed by atoms with Crippen LogP contribution in [0.4, 0.5) is 5.69 Å². The second-order valence-corrected chi connectivity index (χ2v) is 6.20. The fourth-order valence-electron chi connectivity index (χ4n) is 2.85. The fourth-order valence-corrected chi connectivity index (χ4v) is 2.85. The van der Waals surface area contributed by atoms with Crippen LogP contribution in [0.3, 0.4) is 0 Å². The molecule has 3 rings (SSSR count). The zero-order valence-electron chi connectivity index (χ0n) is 13.0. The lowest BCUT2D eigenvalue weighted by Gasteiger charge is -2.28. The van der Waals surface area contributed by atoms with E-state index < -0.39 is 0 Å². The summed E-state index contributed by atoms with van der Waals surface area (Å²) in [7, 11) is 0. The number of fused-ring (bicyclic) bond motifs is 1. The van der Waals surface area contributed by atoms with E-state index in [2.05, 4.69) is 45.9 Å². The van der Waals surface area contributed by atoms with Crippen LogP contribution in [0.15, 0.2) is 75.3 Å². The van der Waals surface area contributed by atoms with Gasteiger partial charge in [0.25, 0.3) is 0 Å². The average Bonchev–Trinajstić information content (AvgIpc) is 2.41. The van der Waals surface area contributed by atoms with Crippen LogP contribution in [0.2, 0.25) is 0 Å².